The highest BCUT2D eigenvalue weighted by Crippen LogP contribution is 2.16. The van der Waals surface area contributed by atoms with E-state index in [2.05, 4.69) is 44.0 Å². The standard InChI is InChI=1S/C16H29N/c1-4-5-6-7-8-9-10-13-17-14-11-12-15(2)16(17)3/h11-12,14,16H,4-10,13H2,1-3H3. The molecule has 0 aliphatic carbocycles. The van der Waals surface area contributed by atoms with Crippen LogP contribution in [0.2, 0.25) is 0 Å². The summed E-state index contributed by atoms with van der Waals surface area (Å²) < 4.78 is 0. The molecule has 1 nitrogen and oxygen atoms in total. The Balaban J connectivity index is 2.03. The second kappa shape index (κ2) is 8.38. The molecule has 0 aromatic rings. The third-order valence-electron chi connectivity index (χ3n) is 3.81. The smallest absolute Gasteiger partial charge is 0.0468 e. The van der Waals surface area contributed by atoms with Crippen molar-refractivity contribution in [1.82, 2.24) is 4.90 Å². The Morgan fingerprint density at radius 1 is 1.06 bits per heavy atom. The van der Waals surface area contributed by atoms with E-state index >= 15 is 0 Å². The first-order valence-electron chi connectivity index (χ1n) is 7.36. The third kappa shape index (κ3) is 5.43. The first-order valence-corrected chi connectivity index (χ1v) is 7.36. The number of allylic oxidation sites excluding steroid dienone is 2. The summed E-state index contributed by atoms with van der Waals surface area (Å²) in [6, 6.07) is 0.597. The maximum absolute atomic E-state index is 2.47. The third-order valence-corrected chi connectivity index (χ3v) is 3.81. The van der Waals surface area contributed by atoms with Crippen LogP contribution in [0.25, 0.3) is 0 Å². The lowest BCUT2D eigenvalue weighted by molar-refractivity contribution is 0.311. The number of hydrogen-bond acceptors (Lipinski definition) is 1. The first kappa shape index (κ1) is 14.3. The highest BCUT2D eigenvalue weighted by molar-refractivity contribution is 5.20. The molecule has 0 radical (unpaired) electrons. The fraction of sp³-hybridized carbons (Fsp3) is 0.750. The van der Waals surface area contributed by atoms with Crippen molar-refractivity contribution < 1.29 is 0 Å². The largest absolute Gasteiger partial charge is 0.371 e. The van der Waals surface area contributed by atoms with Crippen LogP contribution in [0, 0.1) is 0 Å². The lowest BCUT2D eigenvalue weighted by Gasteiger charge is -2.30. The molecule has 0 aromatic heterocycles. The average molecular weight is 235 g/mol. The predicted molar refractivity (Wildman–Crippen MR) is 77.1 cm³/mol. The van der Waals surface area contributed by atoms with Gasteiger partial charge in [-0.25, -0.2) is 0 Å². The van der Waals surface area contributed by atoms with Crippen LogP contribution < -0.4 is 0 Å². The van der Waals surface area contributed by atoms with E-state index in [1.54, 1.807) is 0 Å². The molecule has 1 unspecified atom stereocenters. The van der Waals surface area contributed by atoms with E-state index in [0.717, 1.165) is 0 Å². The molecule has 98 valence electrons. The molecular formula is C16H29N. The van der Waals surface area contributed by atoms with Gasteiger partial charge in [0, 0.05) is 12.6 Å². The summed E-state index contributed by atoms with van der Waals surface area (Å²) in [7, 11) is 0. The van der Waals surface area contributed by atoms with E-state index < -0.39 is 0 Å². The van der Waals surface area contributed by atoms with Crippen molar-refractivity contribution >= 4 is 0 Å². The lowest BCUT2D eigenvalue weighted by Crippen LogP contribution is -2.31. The highest BCUT2D eigenvalue weighted by Gasteiger charge is 2.13. The van der Waals surface area contributed by atoms with Gasteiger partial charge in [-0.2, -0.15) is 0 Å². The summed E-state index contributed by atoms with van der Waals surface area (Å²) in [4.78, 5) is 2.47. The molecule has 0 amide bonds. The number of rotatable bonds is 8. The zero-order valence-corrected chi connectivity index (χ0v) is 11.9. The molecular weight excluding hydrogens is 206 g/mol. The fourth-order valence-electron chi connectivity index (χ4n) is 2.35. The summed E-state index contributed by atoms with van der Waals surface area (Å²) in [5.41, 5.74) is 1.48. The fourth-order valence-corrected chi connectivity index (χ4v) is 2.35. The average Bonchev–Trinajstić information content (AvgIpc) is 2.33. The topological polar surface area (TPSA) is 3.24 Å². The Kier molecular flexibility index (Phi) is 7.07. The molecule has 17 heavy (non-hydrogen) atoms. The molecule has 0 N–H and O–H groups in total. The Hall–Kier alpha value is -0.720. The number of unbranched alkanes of at least 4 members (excludes halogenated alkanes) is 6. The molecule has 0 saturated carbocycles. The van der Waals surface area contributed by atoms with E-state index in [1.165, 1.54) is 57.1 Å². The molecule has 1 aliphatic heterocycles. The van der Waals surface area contributed by atoms with Crippen LogP contribution in [0.1, 0.15) is 65.7 Å². The summed E-state index contributed by atoms with van der Waals surface area (Å²) >= 11 is 0. The summed E-state index contributed by atoms with van der Waals surface area (Å²) in [5, 5.41) is 0. The second-order valence-electron chi connectivity index (χ2n) is 5.29. The molecule has 1 heteroatoms. The van der Waals surface area contributed by atoms with Gasteiger partial charge in [0.15, 0.2) is 0 Å². The molecule has 0 aromatic carbocycles. The van der Waals surface area contributed by atoms with Crippen molar-refractivity contribution in [3.05, 3.63) is 23.9 Å². The Bertz CT molecular complexity index is 252. The van der Waals surface area contributed by atoms with Gasteiger partial charge in [0.05, 0.1) is 0 Å². The molecule has 0 saturated heterocycles. The lowest BCUT2D eigenvalue weighted by atomic mass is 10.1. The van der Waals surface area contributed by atoms with Gasteiger partial charge in [-0.05, 0) is 32.5 Å². The second-order valence-corrected chi connectivity index (χ2v) is 5.29. The Morgan fingerprint density at radius 2 is 1.71 bits per heavy atom. The SMILES string of the molecule is CCCCCCCCCN1C=CC=C(C)C1C. The van der Waals surface area contributed by atoms with Gasteiger partial charge >= 0.3 is 0 Å². The molecule has 0 bridgehead atoms. The van der Waals surface area contributed by atoms with E-state index in [9.17, 15) is 0 Å². The minimum absolute atomic E-state index is 0.597. The van der Waals surface area contributed by atoms with E-state index in [4.69, 9.17) is 0 Å². The van der Waals surface area contributed by atoms with Crippen molar-refractivity contribution in [1.29, 1.82) is 0 Å². The molecule has 1 rings (SSSR count). The zero-order valence-electron chi connectivity index (χ0n) is 11.9. The van der Waals surface area contributed by atoms with Gasteiger partial charge < -0.3 is 4.90 Å². The monoisotopic (exact) mass is 235 g/mol. The maximum Gasteiger partial charge on any atom is 0.0468 e. The van der Waals surface area contributed by atoms with Crippen molar-refractivity contribution in [3.63, 3.8) is 0 Å². The summed E-state index contributed by atoms with van der Waals surface area (Å²) in [6.45, 7) is 8.03. The summed E-state index contributed by atoms with van der Waals surface area (Å²) in [5.74, 6) is 0. The van der Waals surface area contributed by atoms with Crippen molar-refractivity contribution in [2.75, 3.05) is 6.54 Å². The Morgan fingerprint density at radius 3 is 2.41 bits per heavy atom. The predicted octanol–water partition coefficient (Wildman–Crippen LogP) is 4.90. The van der Waals surface area contributed by atoms with Crippen LogP contribution in [0.15, 0.2) is 23.9 Å². The van der Waals surface area contributed by atoms with Crippen molar-refractivity contribution in [3.8, 4) is 0 Å². The van der Waals surface area contributed by atoms with Gasteiger partial charge in [-0.15, -0.1) is 0 Å². The van der Waals surface area contributed by atoms with Crippen LogP contribution in [-0.2, 0) is 0 Å². The Labute approximate surface area is 108 Å². The van der Waals surface area contributed by atoms with Crippen LogP contribution in [0.3, 0.4) is 0 Å². The zero-order chi connectivity index (χ0) is 12.5. The minimum atomic E-state index is 0.597. The highest BCUT2D eigenvalue weighted by atomic mass is 15.1. The van der Waals surface area contributed by atoms with E-state index in [1.807, 2.05) is 0 Å². The van der Waals surface area contributed by atoms with Crippen molar-refractivity contribution in [2.45, 2.75) is 71.8 Å². The van der Waals surface area contributed by atoms with Gasteiger partial charge in [0.2, 0.25) is 0 Å². The van der Waals surface area contributed by atoms with E-state index in [-0.39, 0.29) is 0 Å². The molecule has 1 atom stereocenters. The number of hydrogen-bond donors (Lipinski definition) is 0. The first-order chi connectivity index (χ1) is 8.25. The van der Waals surface area contributed by atoms with Crippen LogP contribution >= 0.6 is 0 Å². The minimum Gasteiger partial charge on any atom is -0.371 e. The molecule has 0 spiro atoms. The molecule has 0 fully saturated rings. The van der Waals surface area contributed by atoms with Gasteiger partial charge in [0.25, 0.3) is 0 Å². The van der Waals surface area contributed by atoms with Crippen LogP contribution in [0.5, 0.6) is 0 Å². The number of nitrogens with zero attached hydrogens (tertiary/aromatic N) is 1. The van der Waals surface area contributed by atoms with Crippen LogP contribution in [-0.4, -0.2) is 17.5 Å². The normalized spacial score (nSPS) is 19.6. The quantitative estimate of drug-likeness (QED) is 0.541. The van der Waals surface area contributed by atoms with Crippen molar-refractivity contribution in [2.24, 2.45) is 0 Å². The summed E-state index contributed by atoms with van der Waals surface area (Å²) in [6.07, 6.45) is 16.4. The van der Waals surface area contributed by atoms with Gasteiger partial charge in [-0.3, -0.25) is 0 Å². The van der Waals surface area contributed by atoms with Gasteiger partial charge in [0.1, 0.15) is 0 Å². The maximum atomic E-state index is 2.47. The molecule has 1 aliphatic rings. The van der Waals surface area contributed by atoms with E-state index in [0.29, 0.717) is 6.04 Å². The van der Waals surface area contributed by atoms with Gasteiger partial charge in [-0.1, -0.05) is 57.1 Å². The van der Waals surface area contributed by atoms with Crippen LogP contribution in [0.4, 0.5) is 0 Å². The molecule has 1 heterocycles.